The number of ether oxygens (including phenoxy) is 1. The zero-order valence-corrected chi connectivity index (χ0v) is 17.3. The summed E-state index contributed by atoms with van der Waals surface area (Å²) in [5.41, 5.74) is 2.60. The minimum absolute atomic E-state index is 0.279. The number of rotatable bonds is 6. The van der Waals surface area contributed by atoms with E-state index in [-0.39, 0.29) is 6.10 Å². The monoisotopic (exact) mass is 380 g/mol. The lowest BCUT2D eigenvalue weighted by molar-refractivity contribution is 0.129. The van der Waals surface area contributed by atoms with Crippen LogP contribution in [0.4, 0.5) is 0 Å². The van der Waals surface area contributed by atoms with Crippen LogP contribution in [-0.2, 0) is 13.1 Å². The molecule has 1 saturated heterocycles. The maximum atomic E-state index is 6.09. The van der Waals surface area contributed by atoms with E-state index in [9.17, 15) is 0 Å². The number of likely N-dealkylation sites (tertiary alicyclic amines) is 1. The van der Waals surface area contributed by atoms with E-state index >= 15 is 0 Å². The number of benzene rings is 2. The van der Waals surface area contributed by atoms with Crippen molar-refractivity contribution in [2.24, 2.45) is 4.99 Å². The molecule has 0 aliphatic carbocycles. The second-order valence-corrected chi connectivity index (χ2v) is 7.57. The third kappa shape index (κ3) is 5.99. The molecular weight excluding hydrogens is 348 g/mol. The fourth-order valence-electron chi connectivity index (χ4n) is 3.52. The van der Waals surface area contributed by atoms with Crippen LogP contribution in [-0.4, -0.2) is 56.1 Å². The minimum Gasteiger partial charge on any atom is -0.490 e. The van der Waals surface area contributed by atoms with Crippen molar-refractivity contribution in [3.63, 3.8) is 0 Å². The number of hydrogen-bond acceptors (Lipinski definition) is 3. The third-order valence-corrected chi connectivity index (χ3v) is 4.97. The molecule has 0 spiro atoms. The van der Waals surface area contributed by atoms with Crippen LogP contribution in [0.3, 0.4) is 0 Å². The van der Waals surface area contributed by atoms with Crippen molar-refractivity contribution in [3.8, 4) is 5.75 Å². The van der Waals surface area contributed by atoms with Crippen LogP contribution in [0.5, 0.6) is 5.75 Å². The first-order chi connectivity index (χ1) is 13.6. The van der Waals surface area contributed by atoms with Gasteiger partial charge in [-0.15, -0.1) is 0 Å². The smallest absolute Gasteiger partial charge is 0.193 e. The van der Waals surface area contributed by atoms with E-state index in [0.29, 0.717) is 0 Å². The predicted octanol–water partition coefficient (Wildman–Crippen LogP) is 3.37. The maximum absolute atomic E-state index is 6.09. The van der Waals surface area contributed by atoms with Crippen molar-refractivity contribution >= 4 is 5.96 Å². The molecule has 0 amide bonds. The molecule has 2 aromatic carbocycles. The average molecular weight is 381 g/mol. The summed E-state index contributed by atoms with van der Waals surface area (Å²) < 4.78 is 6.09. The fourth-order valence-corrected chi connectivity index (χ4v) is 3.52. The molecule has 5 heteroatoms. The van der Waals surface area contributed by atoms with Crippen LogP contribution in [0, 0.1) is 0 Å². The molecule has 1 aliphatic heterocycles. The van der Waals surface area contributed by atoms with E-state index in [4.69, 9.17) is 4.74 Å². The molecule has 1 aliphatic rings. The molecule has 1 N–H and O–H groups in total. The van der Waals surface area contributed by atoms with Crippen molar-refractivity contribution < 1.29 is 4.74 Å². The molecule has 0 aromatic heterocycles. The lowest BCUT2D eigenvalue weighted by atomic mass is 10.1. The van der Waals surface area contributed by atoms with E-state index in [1.54, 1.807) is 0 Å². The second kappa shape index (κ2) is 10.1. The van der Waals surface area contributed by atoms with Crippen molar-refractivity contribution in [1.82, 2.24) is 15.1 Å². The van der Waals surface area contributed by atoms with Crippen LogP contribution in [0.1, 0.15) is 24.0 Å². The molecule has 0 unspecified atom stereocenters. The molecule has 0 radical (unpaired) electrons. The Balaban J connectivity index is 1.45. The largest absolute Gasteiger partial charge is 0.490 e. The first kappa shape index (κ1) is 20.2. The number of hydrogen-bond donors (Lipinski definition) is 1. The van der Waals surface area contributed by atoms with Crippen molar-refractivity contribution in [3.05, 3.63) is 65.7 Å². The summed E-state index contributed by atoms with van der Waals surface area (Å²) in [7, 11) is 6.04. The van der Waals surface area contributed by atoms with Crippen molar-refractivity contribution in [1.29, 1.82) is 0 Å². The Hall–Kier alpha value is -2.53. The highest BCUT2D eigenvalue weighted by atomic mass is 16.5. The van der Waals surface area contributed by atoms with E-state index in [1.165, 1.54) is 11.1 Å². The van der Waals surface area contributed by atoms with Crippen LogP contribution in [0.2, 0.25) is 0 Å². The number of nitrogens with one attached hydrogen (secondary N) is 1. The van der Waals surface area contributed by atoms with Gasteiger partial charge >= 0.3 is 0 Å². The normalized spacial score (nSPS) is 15.7. The van der Waals surface area contributed by atoms with Gasteiger partial charge in [-0.05, 0) is 37.4 Å². The molecule has 28 heavy (non-hydrogen) atoms. The van der Waals surface area contributed by atoms with Gasteiger partial charge in [-0.1, -0.05) is 42.5 Å². The minimum atomic E-state index is 0.279. The third-order valence-electron chi connectivity index (χ3n) is 4.97. The van der Waals surface area contributed by atoms with Gasteiger partial charge in [-0.2, -0.15) is 0 Å². The van der Waals surface area contributed by atoms with Crippen molar-refractivity contribution in [2.45, 2.75) is 32.0 Å². The summed E-state index contributed by atoms with van der Waals surface area (Å²) in [6.07, 6.45) is 2.30. The van der Waals surface area contributed by atoms with Crippen LogP contribution in [0.25, 0.3) is 0 Å². The summed E-state index contributed by atoms with van der Waals surface area (Å²) in [5, 5.41) is 3.50. The molecule has 5 nitrogen and oxygen atoms in total. The summed E-state index contributed by atoms with van der Waals surface area (Å²) in [4.78, 5) is 8.98. The maximum Gasteiger partial charge on any atom is 0.193 e. The van der Waals surface area contributed by atoms with Gasteiger partial charge in [0.2, 0.25) is 0 Å². The van der Waals surface area contributed by atoms with Gasteiger partial charge in [0.25, 0.3) is 0 Å². The van der Waals surface area contributed by atoms with Crippen LogP contribution in [0.15, 0.2) is 59.6 Å². The van der Waals surface area contributed by atoms with Gasteiger partial charge in [0.15, 0.2) is 5.96 Å². The number of aliphatic imine (C=N–C) groups is 1. The molecule has 1 heterocycles. The molecule has 3 rings (SSSR count). The topological polar surface area (TPSA) is 40.1 Å². The summed E-state index contributed by atoms with van der Waals surface area (Å²) >= 11 is 0. The first-order valence-corrected chi connectivity index (χ1v) is 10.0. The SMILES string of the molecule is CN=C(NCc1ccc(CN(C)C)cc1)N1CCC(Oc2ccccc2)CC1. The van der Waals surface area contributed by atoms with E-state index in [2.05, 4.69) is 58.5 Å². The second-order valence-electron chi connectivity index (χ2n) is 7.57. The van der Waals surface area contributed by atoms with Gasteiger partial charge in [0.05, 0.1) is 0 Å². The molecular formula is C23H32N4O. The highest BCUT2D eigenvalue weighted by Crippen LogP contribution is 2.18. The Morgan fingerprint density at radius 3 is 2.29 bits per heavy atom. The predicted molar refractivity (Wildman–Crippen MR) is 116 cm³/mol. The van der Waals surface area contributed by atoms with E-state index in [1.807, 2.05) is 37.4 Å². The number of para-hydroxylation sites is 1. The summed E-state index contributed by atoms with van der Waals surface area (Å²) in [6, 6.07) is 18.9. The zero-order valence-electron chi connectivity index (χ0n) is 17.3. The lowest BCUT2D eigenvalue weighted by Crippen LogP contribution is -2.47. The summed E-state index contributed by atoms with van der Waals surface area (Å²) in [6.45, 7) is 3.67. The first-order valence-electron chi connectivity index (χ1n) is 10.0. The lowest BCUT2D eigenvalue weighted by Gasteiger charge is -2.34. The molecule has 1 fully saturated rings. The standard InChI is InChI=1S/C23H32N4O/c1-24-23(25-17-19-9-11-20(12-10-19)18-26(2)3)27-15-13-22(14-16-27)28-21-7-5-4-6-8-21/h4-12,22H,13-18H2,1-3H3,(H,24,25). The van der Waals surface area contributed by atoms with E-state index in [0.717, 1.165) is 50.7 Å². The number of nitrogens with zero attached hydrogens (tertiary/aromatic N) is 3. The van der Waals surface area contributed by atoms with Gasteiger partial charge in [0.1, 0.15) is 11.9 Å². The Bertz CT molecular complexity index is 735. The highest BCUT2D eigenvalue weighted by Gasteiger charge is 2.22. The van der Waals surface area contributed by atoms with Crippen LogP contribution >= 0.6 is 0 Å². The van der Waals surface area contributed by atoms with Crippen LogP contribution < -0.4 is 10.1 Å². The number of guanidine groups is 1. The van der Waals surface area contributed by atoms with Gasteiger partial charge < -0.3 is 19.9 Å². The average Bonchev–Trinajstić information content (AvgIpc) is 2.71. The zero-order chi connectivity index (χ0) is 19.8. The Morgan fingerprint density at radius 2 is 1.68 bits per heavy atom. The quantitative estimate of drug-likeness (QED) is 0.616. The molecule has 0 bridgehead atoms. The van der Waals surface area contributed by atoms with Gasteiger partial charge in [-0.25, -0.2) is 0 Å². The Kier molecular flexibility index (Phi) is 7.31. The Morgan fingerprint density at radius 1 is 1.04 bits per heavy atom. The molecule has 0 atom stereocenters. The van der Waals surface area contributed by atoms with Crippen molar-refractivity contribution in [2.75, 3.05) is 34.2 Å². The highest BCUT2D eigenvalue weighted by molar-refractivity contribution is 5.79. The Labute approximate surface area is 169 Å². The molecule has 2 aromatic rings. The molecule has 150 valence electrons. The summed E-state index contributed by atoms with van der Waals surface area (Å²) in [5.74, 6) is 1.93. The van der Waals surface area contributed by atoms with Gasteiger partial charge in [0, 0.05) is 46.1 Å². The number of piperidine rings is 1. The van der Waals surface area contributed by atoms with Gasteiger partial charge in [-0.3, -0.25) is 4.99 Å². The molecule has 0 saturated carbocycles. The fraction of sp³-hybridized carbons (Fsp3) is 0.435. The van der Waals surface area contributed by atoms with E-state index < -0.39 is 0 Å².